The van der Waals surface area contributed by atoms with Crippen molar-refractivity contribution >= 4 is 12.0 Å². The normalized spacial score (nSPS) is 24.4. The highest BCUT2D eigenvalue weighted by Crippen LogP contribution is 2.23. The number of carboxylic acid groups (broad SMARTS) is 1. The van der Waals surface area contributed by atoms with Crippen molar-refractivity contribution in [1.29, 1.82) is 0 Å². The van der Waals surface area contributed by atoms with Crippen molar-refractivity contribution in [3.8, 4) is 0 Å². The highest BCUT2D eigenvalue weighted by molar-refractivity contribution is 5.80. The number of carbonyl (C=O) groups excluding carboxylic acids is 1. The SMILES string of the molecule is O=C1NCC(C(=O)O)C(c2ccncc2)N1. The van der Waals surface area contributed by atoms with Crippen LogP contribution in [0.2, 0.25) is 0 Å². The minimum Gasteiger partial charge on any atom is -0.481 e. The van der Waals surface area contributed by atoms with Crippen molar-refractivity contribution in [1.82, 2.24) is 15.6 Å². The zero-order chi connectivity index (χ0) is 11.5. The number of aromatic nitrogens is 1. The van der Waals surface area contributed by atoms with E-state index >= 15 is 0 Å². The summed E-state index contributed by atoms with van der Waals surface area (Å²) < 4.78 is 0. The van der Waals surface area contributed by atoms with E-state index in [-0.39, 0.29) is 12.6 Å². The van der Waals surface area contributed by atoms with Gasteiger partial charge in [0.15, 0.2) is 0 Å². The molecule has 1 aliphatic rings. The number of rotatable bonds is 2. The van der Waals surface area contributed by atoms with Crippen LogP contribution < -0.4 is 10.6 Å². The van der Waals surface area contributed by atoms with Gasteiger partial charge < -0.3 is 15.7 Å². The number of nitrogens with one attached hydrogen (secondary N) is 2. The lowest BCUT2D eigenvalue weighted by molar-refractivity contribution is -0.142. The quantitative estimate of drug-likeness (QED) is 0.662. The predicted octanol–water partition coefficient (Wildman–Crippen LogP) is 0.136. The molecule has 2 heterocycles. The summed E-state index contributed by atoms with van der Waals surface area (Å²) >= 11 is 0. The van der Waals surface area contributed by atoms with Crippen LogP contribution >= 0.6 is 0 Å². The molecule has 1 fully saturated rings. The monoisotopic (exact) mass is 221 g/mol. The number of carboxylic acids is 1. The lowest BCUT2D eigenvalue weighted by Crippen LogP contribution is -2.52. The third kappa shape index (κ3) is 1.95. The van der Waals surface area contributed by atoms with E-state index < -0.39 is 17.9 Å². The van der Waals surface area contributed by atoms with Crippen LogP contribution in [-0.2, 0) is 4.79 Å². The first-order valence-corrected chi connectivity index (χ1v) is 4.85. The smallest absolute Gasteiger partial charge is 0.315 e. The third-order valence-corrected chi connectivity index (χ3v) is 2.55. The van der Waals surface area contributed by atoms with Crippen LogP contribution in [0.25, 0.3) is 0 Å². The zero-order valence-electron chi connectivity index (χ0n) is 8.38. The van der Waals surface area contributed by atoms with Crippen LogP contribution in [0.15, 0.2) is 24.5 Å². The first kappa shape index (κ1) is 10.4. The Hall–Kier alpha value is -2.11. The van der Waals surface area contributed by atoms with Crippen molar-refractivity contribution in [3.05, 3.63) is 30.1 Å². The summed E-state index contributed by atoms with van der Waals surface area (Å²) in [7, 11) is 0. The highest BCUT2D eigenvalue weighted by atomic mass is 16.4. The first-order valence-electron chi connectivity index (χ1n) is 4.85. The Labute approximate surface area is 91.7 Å². The number of amides is 2. The topological polar surface area (TPSA) is 91.3 Å². The summed E-state index contributed by atoms with van der Waals surface area (Å²) in [4.78, 5) is 26.1. The average molecular weight is 221 g/mol. The van der Waals surface area contributed by atoms with Crippen LogP contribution in [0.1, 0.15) is 11.6 Å². The second kappa shape index (κ2) is 4.18. The molecule has 6 nitrogen and oxygen atoms in total. The van der Waals surface area contributed by atoms with Gasteiger partial charge in [-0.1, -0.05) is 0 Å². The van der Waals surface area contributed by atoms with Gasteiger partial charge in [-0.2, -0.15) is 0 Å². The molecule has 1 aromatic heterocycles. The van der Waals surface area contributed by atoms with E-state index in [0.717, 1.165) is 5.56 Å². The third-order valence-electron chi connectivity index (χ3n) is 2.55. The molecule has 0 aromatic carbocycles. The molecule has 1 aromatic rings. The Morgan fingerprint density at radius 1 is 1.44 bits per heavy atom. The summed E-state index contributed by atoms with van der Waals surface area (Å²) in [5.41, 5.74) is 0.747. The van der Waals surface area contributed by atoms with E-state index in [2.05, 4.69) is 15.6 Å². The molecular weight excluding hydrogens is 210 g/mol. The van der Waals surface area contributed by atoms with Crippen molar-refractivity contribution in [2.24, 2.45) is 5.92 Å². The van der Waals surface area contributed by atoms with Gasteiger partial charge in [0.2, 0.25) is 0 Å². The predicted molar refractivity (Wildman–Crippen MR) is 54.6 cm³/mol. The standard InChI is InChI=1S/C10H11N3O3/c14-9(15)7-5-12-10(16)13-8(7)6-1-3-11-4-2-6/h1-4,7-8H,5H2,(H,14,15)(H2,12,13,16). The van der Waals surface area contributed by atoms with E-state index in [1.165, 1.54) is 0 Å². The summed E-state index contributed by atoms with van der Waals surface area (Å²) in [5, 5.41) is 14.1. The molecule has 0 bridgehead atoms. The van der Waals surface area contributed by atoms with Crippen molar-refractivity contribution < 1.29 is 14.7 Å². The number of aliphatic carboxylic acids is 1. The molecule has 3 N–H and O–H groups in total. The maximum atomic E-state index is 11.2. The van der Waals surface area contributed by atoms with Gasteiger partial charge >= 0.3 is 12.0 Å². The summed E-state index contributed by atoms with van der Waals surface area (Å²) in [6.07, 6.45) is 3.14. The van der Waals surface area contributed by atoms with Crippen LogP contribution in [0.5, 0.6) is 0 Å². The second-order valence-corrected chi connectivity index (χ2v) is 3.56. The fraction of sp³-hybridized carbons (Fsp3) is 0.300. The zero-order valence-corrected chi connectivity index (χ0v) is 8.38. The number of hydrogen-bond donors (Lipinski definition) is 3. The fourth-order valence-electron chi connectivity index (χ4n) is 1.73. The first-order chi connectivity index (χ1) is 7.68. The molecular formula is C10H11N3O3. The molecule has 0 aliphatic carbocycles. The Bertz CT molecular complexity index is 407. The Morgan fingerprint density at radius 3 is 2.75 bits per heavy atom. The van der Waals surface area contributed by atoms with Crippen LogP contribution in [-0.4, -0.2) is 28.6 Å². The Morgan fingerprint density at radius 2 is 2.12 bits per heavy atom. The van der Waals surface area contributed by atoms with Crippen LogP contribution in [0, 0.1) is 5.92 Å². The molecule has 2 rings (SSSR count). The number of urea groups is 1. The number of carbonyl (C=O) groups is 2. The van der Waals surface area contributed by atoms with Gasteiger partial charge in [-0.25, -0.2) is 4.79 Å². The summed E-state index contributed by atoms with van der Waals surface area (Å²) in [5.74, 6) is -1.60. The van der Waals surface area contributed by atoms with Crippen LogP contribution in [0.3, 0.4) is 0 Å². The Kier molecular flexibility index (Phi) is 2.72. The molecule has 0 spiro atoms. The van der Waals surface area contributed by atoms with E-state index in [0.29, 0.717) is 0 Å². The van der Waals surface area contributed by atoms with Crippen LogP contribution in [0.4, 0.5) is 4.79 Å². The molecule has 2 atom stereocenters. The van der Waals surface area contributed by atoms with Gasteiger partial charge in [0.25, 0.3) is 0 Å². The number of hydrogen-bond acceptors (Lipinski definition) is 3. The van der Waals surface area contributed by atoms with Gasteiger partial charge in [-0.3, -0.25) is 9.78 Å². The van der Waals surface area contributed by atoms with Crippen molar-refractivity contribution in [2.75, 3.05) is 6.54 Å². The average Bonchev–Trinajstić information content (AvgIpc) is 2.29. The number of pyridine rings is 1. The largest absolute Gasteiger partial charge is 0.481 e. The highest BCUT2D eigenvalue weighted by Gasteiger charge is 2.34. The van der Waals surface area contributed by atoms with E-state index in [1.54, 1.807) is 24.5 Å². The number of nitrogens with zero attached hydrogens (tertiary/aromatic N) is 1. The maximum Gasteiger partial charge on any atom is 0.315 e. The maximum absolute atomic E-state index is 11.2. The van der Waals surface area contributed by atoms with Gasteiger partial charge in [-0.05, 0) is 17.7 Å². The minimum atomic E-state index is -0.936. The minimum absolute atomic E-state index is 0.133. The molecule has 1 saturated heterocycles. The molecule has 16 heavy (non-hydrogen) atoms. The molecule has 0 radical (unpaired) electrons. The summed E-state index contributed by atoms with van der Waals surface area (Å²) in [6.45, 7) is 0.133. The lowest BCUT2D eigenvalue weighted by Gasteiger charge is -2.30. The molecule has 0 saturated carbocycles. The molecule has 84 valence electrons. The molecule has 2 amide bonds. The van der Waals surface area contributed by atoms with E-state index in [1.807, 2.05) is 0 Å². The van der Waals surface area contributed by atoms with Crippen molar-refractivity contribution in [2.45, 2.75) is 6.04 Å². The fourth-order valence-corrected chi connectivity index (χ4v) is 1.73. The summed E-state index contributed by atoms with van der Waals surface area (Å²) in [6, 6.07) is 2.55. The van der Waals surface area contributed by atoms with Gasteiger partial charge in [0.1, 0.15) is 0 Å². The second-order valence-electron chi connectivity index (χ2n) is 3.56. The molecule has 6 heteroatoms. The van der Waals surface area contributed by atoms with E-state index in [9.17, 15) is 9.59 Å². The molecule has 1 aliphatic heterocycles. The Balaban J connectivity index is 2.27. The lowest BCUT2D eigenvalue weighted by atomic mass is 9.92. The van der Waals surface area contributed by atoms with Gasteiger partial charge in [-0.15, -0.1) is 0 Å². The van der Waals surface area contributed by atoms with E-state index in [4.69, 9.17) is 5.11 Å². The van der Waals surface area contributed by atoms with Gasteiger partial charge in [0.05, 0.1) is 12.0 Å². The van der Waals surface area contributed by atoms with Gasteiger partial charge in [0, 0.05) is 18.9 Å². The molecule has 2 unspecified atom stereocenters. The van der Waals surface area contributed by atoms with Crippen molar-refractivity contribution in [3.63, 3.8) is 0 Å².